The predicted octanol–water partition coefficient (Wildman–Crippen LogP) is 1.70. The van der Waals surface area contributed by atoms with Gasteiger partial charge in [0.2, 0.25) is 5.91 Å². The van der Waals surface area contributed by atoms with Crippen LogP contribution >= 0.6 is 0 Å². The maximum Gasteiger partial charge on any atom is 0.332 e. The molecule has 2 rings (SSSR count). The van der Waals surface area contributed by atoms with Crippen LogP contribution in [0.1, 0.15) is 52.4 Å². The second-order valence-corrected chi connectivity index (χ2v) is 6.48. The van der Waals surface area contributed by atoms with Crippen LogP contribution in [0.15, 0.2) is 0 Å². The first-order valence-corrected chi connectivity index (χ1v) is 7.06. The Morgan fingerprint density at radius 2 is 1.68 bits per heavy atom. The zero-order valence-electron chi connectivity index (χ0n) is 11.6. The highest BCUT2D eigenvalue weighted by atomic mass is 16.5. The maximum absolute atomic E-state index is 12.0. The third-order valence-electron chi connectivity index (χ3n) is 4.27. The quantitative estimate of drug-likeness (QED) is 0.817. The second-order valence-electron chi connectivity index (χ2n) is 6.48. The van der Waals surface area contributed by atoms with E-state index < -0.39 is 18.2 Å². The number of amides is 1. The molecule has 5 heteroatoms. The average molecular weight is 269 g/mol. The van der Waals surface area contributed by atoms with Gasteiger partial charge in [-0.2, -0.15) is 0 Å². The molecule has 0 bridgehead atoms. The fourth-order valence-electron chi connectivity index (χ4n) is 2.85. The van der Waals surface area contributed by atoms with E-state index in [-0.39, 0.29) is 11.9 Å². The number of aliphatic carboxylic acids is 1. The van der Waals surface area contributed by atoms with Crippen LogP contribution in [0.25, 0.3) is 0 Å². The molecule has 2 aliphatic rings. The molecule has 19 heavy (non-hydrogen) atoms. The molecule has 1 saturated carbocycles. The molecule has 1 aliphatic carbocycles. The van der Waals surface area contributed by atoms with Crippen LogP contribution in [-0.2, 0) is 14.3 Å². The van der Waals surface area contributed by atoms with E-state index in [2.05, 4.69) is 19.2 Å². The van der Waals surface area contributed by atoms with Crippen LogP contribution in [0.2, 0.25) is 0 Å². The third-order valence-corrected chi connectivity index (χ3v) is 4.27. The summed E-state index contributed by atoms with van der Waals surface area (Å²) in [4.78, 5) is 22.8. The fourth-order valence-corrected chi connectivity index (χ4v) is 2.85. The lowest BCUT2D eigenvalue weighted by Gasteiger charge is -2.34. The Morgan fingerprint density at radius 3 is 2.21 bits per heavy atom. The Bertz CT molecular complexity index is 356. The lowest BCUT2D eigenvalue weighted by molar-refractivity contribution is -0.152. The van der Waals surface area contributed by atoms with Gasteiger partial charge in [-0.3, -0.25) is 4.79 Å². The second kappa shape index (κ2) is 5.49. The van der Waals surface area contributed by atoms with Gasteiger partial charge in [-0.1, -0.05) is 13.8 Å². The summed E-state index contributed by atoms with van der Waals surface area (Å²) in [7, 11) is 0. The number of carbonyl (C=O) groups excluding carboxylic acids is 1. The Balaban J connectivity index is 1.78. The van der Waals surface area contributed by atoms with Crippen molar-refractivity contribution in [3.8, 4) is 0 Å². The van der Waals surface area contributed by atoms with Gasteiger partial charge in [0.05, 0.1) is 0 Å². The topological polar surface area (TPSA) is 75.6 Å². The molecule has 0 aromatic rings. The number of nitrogens with one attached hydrogen (secondary N) is 1. The Morgan fingerprint density at radius 1 is 1.11 bits per heavy atom. The number of rotatable bonds is 3. The SMILES string of the molecule is CC1(C)CCC(NC(=O)C2CCC(C(=O)O)O2)CC1. The van der Waals surface area contributed by atoms with Crippen LogP contribution < -0.4 is 5.32 Å². The maximum atomic E-state index is 12.0. The molecule has 2 fully saturated rings. The Kier molecular flexibility index (Phi) is 4.13. The van der Waals surface area contributed by atoms with Gasteiger partial charge in [-0.05, 0) is 43.9 Å². The molecule has 1 heterocycles. The lowest BCUT2D eigenvalue weighted by Crippen LogP contribution is -2.44. The fraction of sp³-hybridized carbons (Fsp3) is 0.857. The number of hydrogen-bond donors (Lipinski definition) is 2. The van der Waals surface area contributed by atoms with Crippen molar-refractivity contribution < 1.29 is 19.4 Å². The Labute approximate surface area is 113 Å². The van der Waals surface area contributed by atoms with Crippen LogP contribution in [-0.4, -0.2) is 35.2 Å². The van der Waals surface area contributed by atoms with Crippen molar-refractivity contribution in [1.82, 2.24) is 5.32 Å². The molecule has 0 spiro atoms. The summed E-state index contributed by atoms with van der Waals surface area (Å²) in [5.74, 6) is -1.12. The number of ether oxygens (including phenoxy) is 1. The minimum Gasteiger partial charge on any atom is -0.479 e. The van der Waals surface area contributed by atoms with Crippen LogP contribution in [0, 0.1) is 5.41 Å². The number of carbonyl (C=O) groups is 2. The zero-order valence-corrected chi connectivity index (χ0v) is 11.6. The first-order chi connectivity index (χ1) is 8.87. The number of carboxylic acid groups (broad SMARTS) is 1. The van der Waals surface area contributed by atoms with Gasteiger partial charge < -0.3 is 15.2 Å². The molecule has 2 atom stereocenters. The number of carboxylic acids is 1. The highest BCUT2D eigenvalue weighted by Gasteiger charge is 2.36. The first-order valence-electron chi connectivity index (χ1n) is 7.06. The molecular formula is C14H23NO4. The molecule has 0 aromatic heterocycles. The highest BCUT2D eigenvalue weighted by Crippen LogP contribution is 2.35. The normalized spacial score (nSPS) is 31.1. The molecule has 108 valence electrons. The van der Waals surface area contributed by atoms with Crippen molar-refractivity contribution in [2.24, 2.45) is 5.41 Å². The molecule has 2 N–H and O–H groups in total. The summed E-state index contributed by atoms with van der Waals surface area (Å²) < 4.78 is 5.26. The first kappa shape index (κ1) is 14.3. The van der Waals surface area contributed by atoms with Gasteiger partial charge in [-0.15, -0.1) is 0 Å². The molecule has 1 aliphatic heterocycles. The van der Waals surface area contributed by atoms with E-state index in [0.717, 1.165) is 25.7 Å². The van der Waals surface area contributed by atoms with Crippen LogP contribution in [0.5, 0.6) is 0 Å². The van der Waals surface area contributed by atoms with E-state index in [1.807, 2.05) is 0 Å². The third kappa shape index (κ3) is 3.69. The van der Waals surface area contributed by atoms with E-state index >= 15 is 0 Å². The van der Waals surface area contributed by atoms with E-state index in [1.165, 1.54) is 0 Å². The van der Waals surface area contributed by atoms with Crippen molar-refractivity contribution in [2.45, 2.75) is 70.6 Å². The minimum atomic E-state index is -0.977. The standard InChI is InChI=1S/C14H23NO4/c1-14(2)7-5-9(6-8-14)15-12(16)10-3-4-11(19-10)13(17)18/h9-11H,3-8H2,1-2H3,(H,15,16)(H,17,18). The van der Waals surface area contributed by atoms with Crippen LogP contribution in [0.4, 0.5) is 0 Å². The van der Waals surface area contributed by atoms with Gasteiger partial charge in [0, 0.05) is 6.04 Å². The minimum absolute atomic E-state index is 0.145. The van der Waals surface area contributed by atoms with E-state index in [9.17, 15) is 9.59 Å². The summed E-state index contributed by atoms with van der Waals surface area (Å²) in [6.07, 6.45) is 3.73. The van der Waals surface area contributed by atoms with Crippen molar-refractivity contribution in [3.05, 3.63) is 0 Å². The van der Waals surface area contributed by atoms with Gasteiger partial charge in [0.25, 0.3) is 0 Å². The molecule has 0 aromatic carbocycles. The van der Waals surface area contributed by atoms with Gasteiger partial charge >= 0.3 is 5.97 Å². The monoisotopic (exact) mass is 269 g/mol. The zero-order chi connectivity index (χ0) is 14.0. The highest BCUT2D eigenvalue weighted by molar-refractivity contribution is 5.82. The number of hydrogen-bond acceptors (Lipinski definition) is 3. The van der Waals surface area contributed by atoms with Gasteiger partial charge in [0.1, 0.15) is 6.10 Å². The molecular weight excluding hydrogens is 246 g/mol. The van der Waals surface area contributed by atoms with Crippen molar-refractivity contribution in [1.29, 1.82) is 0 Å². The molecule has 0 radical (unpaired) electrons. The van der Waals surface area contributed by atoms with Crippen LogP contribution in [0.3, 0.4) is 0 Å². The van der Waals surface area contributed by atoms with Crippen molar-refractivity contribution >= 4 is 11.9 Å². The summed E-state index contributed by atoms with van der Waals surface area (Å²) in [6, 6.07) is 0.216. The van der Waals surface area contributed by atoms with Gasteiger partial charge in [-0.25, -0.2) is 4.79 Å². The predicted molar refractivity (Wildman–Crippen MR) is 69.7 cm³/mol. The summed E-state index contributed by atoms with van der Waals surface area (Å²) in [6.45, 7) is 4.51. The van der Waals surface area contributed by atoms with Crippen molar-refractivity contribution in [2.75, 3.05) is 0 Å². The Hall–Kier alpha value is -1.10. The summed E-state index contributed by atoms with van der Waals surface area (Å²) in [5, 5.41) is 11.8. The average Bonchev–Trinajstić information content (AvgIpc) is 2.81. The summed E-state index contributed by atoms with van der Waals surface area (Å²) in [5.41, 5.74) is 0.374. The van der Waals surface area contributed by atoms with E-state index in [0.29, 0.717) is 18.3 Å². The molecule has 2 unspecified atom stereocenters. The van der Waals surface area contributed by atoms with E-state index in [1.54, 1.807) is 0 Å². The van der Waals surface area contributed by atoms with Crippen molar-refractivity contribution in [3.63, 3.8) is 0 Å². The lowest BCUT2D eigenvalue weighted by atomic mass is 9.75. The summed E-state index contributed by atoms with van der Waals surface area (Å²) >= 11 is 0. The van der Waals surface area contributed by atoms with E-state index in [4.69, 9.17) is 9.84 Å². The largest absolute Gasteiger partial charge is 0.479 e. The molecule has 5 nitrogen and oxygen atoms in total. The van der Waals surface area contributed by atoms with Gasteiger partial charge in [0.15, 0.2) is 6.10 Å². The molecule has 1 saturated heterocycles. The molecule has 1 amide bonds. The smallest absolute Gasteiger partial charge is 0.332 e.